The van der Waals surface area contributed by atoms with E-state index in [0.717, 1.165) is 38.5 Å². The molecule has 2 N–H and O–H groups in total. The van der Waals surface area contributed by atoms with E-state index in [1.54, 1.807) is 0 Å². The molecule has 5 nitrogen and oxygen atoms in total. The average Bonchev–Trinajstić information content (AvgIpc) is 2.53. The summed E-state index contributed by atoms with van der Waals surface area (Å²) in [6.45, 7) is 11.2. The van der Waals surface area contributed by atoms with E-state index < -0.39 is 0 Å². The molecule has 1 saturated heterocycles. The molecule has 2 unspecified atom stereocenters. The fourth-order valence-electron chi connectivity index (χ4n) is 3.00. The summed E-state index contributed by atoms with van der Waals surface area (Å²) in [5, 5.41) is 6.35. The van der Waals surface area contributed by atoms with Gasteiger partial charge in [0.25, 0.3) is 0 Å². The van der Waals surface area contributed by atoms with Crippen molar-refractivity contribution in [2.24, 2.45) is 5.92 Å². The van der Waals surface area contributed by atoms with Crippen molar-refractivity contribution in [3.8, 4) is 0 Å². The van der Waals surface area contributed by atoms with Crippen LogP contribution in [0, 0.1) is 5.92 Å². The fraction of sp³-hybridized carbons (Fsp3) is 0.632. The quantitative estimate of drug-likeness (QED) is 0.767. The number of hydrogen-bond acceptors (Lipinski definition) is 4. The second kappa shape index (κ2) is 9.77. The van der Waals surface area contributed by atoms with Gasteiger partial charge in [-0.1, -0.05) is 32.0 Å². The van der Waals surface area contributed by atoms with Gasteiger partial charge in [-0.3, -0.25) is 9.69 Å². The van der Waals surface area contributed by atoms with E-state index in [-0.39, 0.29) is 18.1 Å². The first-order valence-corrected chi connectivity index (χ1v) is 8.95. The van der Waals surface area contributed by atoms with Crippen LogP contribution in [0.2, 0.25) is 0 Å². The Hall–Kier alpha value is -1.43. The first-order chi connectivity index (χ1) is 11.5. The van der Waals surface area contributed by atoms with E-state index in [9.17, 15) is 4.79 Å². The van der Waals surface area contributed by atoms with E-state index >= 15 is 0 Å². The Bertz CT molecular complexity index is 493. The second-order valence-electron chi connectivity index (χ2n) is 7.07. The summed E-state index contributed by atoms with van der Waals surface area (Å²) in [5.74, 6) is 0.713. The number of amides is 1. The molecule has 5 heteroatoms. The molecule has 0 saturated carbocycles. The van der Waals surface area contributed by atoms with Gasteiger partial charge in [-0.2, -0.15) is 0 Å². The van der Waals surface area contributed by atoms with Crippen LogP contribution in [0.15, 0.2) is 30.3 Å². The lowest BCUT2D eigenvalue weighted by atomic mass is 10.1. The first-order valence-electron chi connectivity index (χ1n) is 8.95. The van der Waals surface area contributed by atoms with Crippen molar-refractivity contribution < 1.29 is 9.53 Å². The Morgan fingerprint density at radius 2 is 2.04 bits per heavy atom. The summed E-state index contributed by atoms with van der Waals surface area (Å²) in [6, 6.07) is 9.69. The summed E-state index contributed by atoms with van der Waals surface area (Å²) in [7, 11) is 0. The Labute approximate surface area is 145 Å². The molecule has 134 valence electrons. The first kappa shape index (κ1) is 18.9. The van der Waals surface area contributed by atoms with Crippen molar-refractivity contribution in [2.75, 3.05) is 38.1 Å². The average molecular weight is 333 g/mol. The number of carbonyl (C=O) groups excluding carboxylic acids is 1. The zero-order valence-electron chi connectivity index (χ0n) is 15.1. The van der Waals surface area contributed by atoms with Crippen LogP contribution in [0.4, 0.5) is 5.69 Å². The van der Waals surface area contributed by atoms with E-state index in [0.29, 0.717) is 12.3 Å². The van der Waals surface area contributed by atoms with Crippen molar-refractivity contribution in [1.82, 2.24) is 10.2 Å². The molecule has 1 aliphatic rings. The maximum absolute atomic E-state index is 12.1. The molecule has 1 aromatic carbocycles. The molecule has 0 spiro atoms. The lowest BCUT2D eigenvalue weighted by Gasteiger charge is -2.34. The molecule has 1 heterocycles. The molecule has 1 aromatic rings. The topological polar surface area (TPSA) is 53.6 Å². The van der Waals surface area contributed by atoms with Gasteiger partial charge < -0.3 is 15.4 Å². The van der Waals surface area contributed by atoms with Crippen LogP contribution >= 0.6 is 0 Å². The van der Waals surface area contributed by atoms with Crippen molar-refractivity contribution >= 4 is 11.6 Å². The Balaban J connectivity index is 1.67. The maximum atomic E-state index is 12.1. The van der Waals surface area contributed by atoms with Crippen molar-refractivity contribution in [2.45, 2.75) is 39.3 Å². The SMILES string of the molecule is CC(C)CN1CCOC(CNC(C)CC(=O)Nc2ccccc2)C1. The minimum atomic E-state index is 0.0344. The molecular weight excluding hydrogens is 302 g/mol. The number of anilines is 1. The van der Waals surface area contributed by atoms with Crippen molar-refractivity contribution in [3.63, 3.8) is 0 Å². The van der Waals surface area contributed by atoms with Crippen LogP contribution in [0.5, 0.6) is 0 Å². The molecule has 1 aliphatic heterocycles. The maximum Gasteiger partial charge on any atom is 0.225 e. The van der Waals surface area contributed by atoms with Crippen molar-refractivity contribution in [1.29, 1.82) is 0 Å². The number of nitrogens with one attached hydrogen (secondary N) is 2. The van der Waals surface area contributed by atoms with Gasteiger partial charge in [-0.25, -0.2) is 0 Å². The highest BCUT2D eigenvalue weighted by Crippen LogP contribution is 2.09. The highest BCUT2D eigenvalue weighted by atomic mass is 16.5. The number of rotatable bonds is 8. The summed E-state index contributed by atoms with van der Waals surface area (Å²) in [5.41, 5.74) is 0.842. The Morgan fingerprint density at radius 1 is 1.29 bits per heavy atom. The predicted octanol–water partition coefficient (Wildman–Crippen LogP) is 2.35. The molecular formula is C19H31N3O2. The lowest BCUT2D eigenvalue weighted by molar-refractivity contribution is -0.116. The monoisotopic (exact) mass is 333 g/mol. The van der Waals surface area contributed by atoms with E-state index in [1.165, 1.54) is 0 Å². The molecule has 2 rings (SSSR count). The Morgan fingerprint density at radius 3 is 2.75 bits per heavy atom. The number of benzene rings is 1. The van der Waals surface area contributed by atoms with E-state index in [4.69, 9.17) is 4.74 Å². The summed E-state index contributed by atoms with van der Waals surface area (Å²) in [6.07, 6.45) is 0.661. The third-order valence-electron chi connectivity index (χ3n) is 4.09. The summed E-state index contributed by atoms with van der Waals surface area (Å²) < 4.78 is 5.84. The van der Waals surface area contributed by atoms with Crippen LogP contribution in [-0.4, -0.2) is 55.7 Å². The standard InChI is InChI=1S/C19H31N3O2/c1-15(2)13-22-9-10-24-18(14-22)12-20-16(3)11-19(23)21-17-7-5-4-6-8-17/h4-8,15-16,18,20H,9-14H2,1-3H3,(H,21,23). The normalized spacial score (nSPS) is 20.1. The number of morpholine rings is 1. The predicted molar refractivity (Wildman–Crippen MR) is 98.2 cm³/mol. The molecule has 1 fully saturated rings. The Kier molecular flexibility index (Phi) is 7.69. The minimum absolute atomic E-state index is 0.0344. The molecule has 0 aliphatic carbocycles. The number of ether oxygens (including phenoxy) is 1. The largest absolute Gasteiger partial charge is 0.374 e. The highest BCUT2D eigenvalue weighted by molar-refractivity contribution is 5.90. The third kappa shape index (κ3) is 6.99. The number of carbonyl (C=O) groups is 1. The van der Waals surface area contributed by atoms with Crippen LogP contribution in [-0.2, 0) is 9.53 Å². The smallest absolute Gasteiger partial charge is 0.225 e. The molecule has 1 amide bonds. The van der Waals surface area contributed by atoms with E-state index in [2.05, 4.69) is 29.4 Å². The van der Waals surface area contributed by atoms with Gasteiger partial charge in [0, 0.05) is 44.3 Å². The van der Waals surface area contributed by atoms with Crippen LogP contribution in [0.3, 0.4) is 0 Å². The van der Waals surface area contributed by atoms with Crippen LogP contribution in [0.25, 0.3) is 0 Å². The zero-order valence-corrected chi connectivity index (χ0v) is 15.1. The summed E-state index contributed by atoms with van der Waals surface area (Å²) >= 11 is 0. The van der Waals surface area contributed by atoms with Gasteiger partial charge in [-0.15, -0.1) is 0 Å². The molecule has 0 aromatic heterocycles. The van der Waals surface area contributed by atoms with Gasteiger partial charge in [0.15, 0.2) is 0 Å². The number of hydrogen-bond donors (Lipinski definition) is 2. The lowest BCUT2D eigenvalue weighted by Crippen LogP contribution is -2.49. The zero-order chi connectivity index (χ0) is 17.4. The van der Waals surface area contributed by atoms with Gasteiger partial charge in [0.05, 0.1) is 12.7 Å². The number of para-hydroxylation sites is 1. The fourth-order valence-corrected chi connectivity index (χ4v) is 3.00. The van der Waals surface area contributed by atoms with Gasteiger partial charge in [0.1, 0.15) is 0 Å². The van der Waals surface area contributed by atoms with Crippen LogP contribution in [0.1, 0.15) is 27.2 Å². The number of nitrogens with zero attached hydrogens (tertiary/aromatic N) is 1. The molecule has 0 bridgehead atoms. The highest BCUT2D eigenvalue weighted by Gasteiger charge is 2.21. The molecule has 2 atom stereocenters. The molecule has 24 heavy (non-hydrogen) atoms. The third-order valence-corrected chi connectivity index (χ3v) is 4.09. The van der Waals surface area contributed by atoms with Gasteiger partial charge in [0.2, 0.25) is 5.91 Å². The molecule has 0 radical (unpaired) electrons. The van der Waals surface area contributed by atoms with E-state index in [1.807, 2.05) is 37.3 Å². The van der Waals surface area contributed by atoms with Gasteiger partial charge >= 0.3 is 0 Å². The summed E-state index contributed by atoms with van der Waals surface area (Å²) in [4.78, 5) is 14.5. The minimum Gasteiger partial charge on any atom is -0.374 e. The van der Waals surface area contributed by atoms with Crippen molar-refractivity contribution in [3.05, 3.63) is 30.3 Å². The van der Waals surface area contributed by atoms with Gasteiger partial charge in [-0.05, 0) is 25.0 Å². The van der Waals surface area contributed by atoms with Crippen LogP contribution < -0.4 is 10.6 Å². The second-order valence-corrected chi connectivity index (χ2v) is 7.07.